The third-order valence-corrected chi connectivity index (χ3v) is 9.32. The van der Waals surface area contributed by atoms with Crippen LogP contribution in [0.15, 0.2) is 24.3 Å². The molecule has 128 valence electrons. The van der Waals surface area contributed by atoms with Gasteiger partial charge in [-0.1, -0.05) is 31.6 Å². The Labute approximate surface area is 143 Å². The van der Waals surface area contributed by atoms with Crippen LogP contribution < -0.4 is 0 Å². The molecule has 4 fully saturated rings. The zero-order valence-corrected chi connectivity index (χ0v) is 15.6. The van der Waals surface area contributed by atoms with Crippen LogP contribution in [0.1, 0.15) is 78.6 Å². The first-order chi connectivity index (χ1) is 11.0. The molecule has 0 aromatic carbocycles. The number of rotatable bonds is 1. The van der Waals surface area contributed by atoms with Gasteiger partial charge in [-0.15, -0.1) is 6.58 Å². The SMILES string of the molecule is C=C[C@H]1CCC2C3CC[C@H]4C/C(=C\C)CC[C@]4(C)C3CC[C@@]21C. The minimum Gasteiger partial charge on any atom is -0.103 e. The lowest BCUT2D eigenvalue weighted by Gasteiger charge is -2.60. The molecule has 0 radical (unpaired) electrons. The van der Waals surface area contributed by atoms with Crippen molar-refractivity contribution in [2.24, 2.45) is 40.4 Å². The lowest BCUT2D eigenvalue weighted by molar-refractivity contribution is -0.101. The Morgan fingerprint density at radius 3 is 2.48 bits per heavy atom. The maximum Gasteiger partial charge on any atom is -0.0179 e. The minimum atomic E-state index is 0.579. The van der Waals surface area contributed by atoms with Crippen LogP contribution in [0.25, 0.3) is 0 Å². The maximum absolute atomic E-state index is 4.17. The van der Waals surface area contributed by atoms with Crippen LogP contribution in [-0.4, -0.2) is 0 Å². The second-order valence-electron chi connectivity index (χ2n) is 9.77. The molecule has 4 saturated carbocycles. The third-order valence-electron chi connectivity index (χ3n) is 9.32. The van der Waals surface area contributed by atoms with Crippen LogP contribution in [0.3, 0.4) is 0 Å². The summed E-state index contributed by atoms with van der Waals surface area (Å²) in [5.41, 5.74) is 2.97. The lowest BCUT2D eigenvalue weighted by atomic mass is 9.44. The topological polar surface area (TPSA) is 0 Å². The Balaban J connectivity index is 1.61. The summed E-state index contributed by atoms with van der Waals surface area (Å²) in [5, 5.41) is 0. The van der Waals surface area contributed by atoms with E-state index in [0.717, 1.165) is 29.6 Å². The number of hydrogen-bond acceptors (Lipinski definition) is 0. The fourth-order valence-corrected chi connectivity index (χ4v) is 7.80. The second-order valence-corrected chi connectivity index (χ2v) is 9.77. The maximum atomic E-state index is 4.17. The molecule has 0 N–H and O–H groups in total. The van der Waals surface area contributed by atoms with Gasteiger partial charge in [0, 0.05) is 0 Å². The molecule has 3 unspecified atom stereocenters. The molecule has 0 aliphatic heterocycles. The lowest BCUT2D eigenvalue weighted by Crippen LogP contribution is -2.52. The standard InChI is InChI=1S/C23H36/c1-5-16-11-13-23(4)18(15-16)7-9-19-20-10-8-17(6-2)22(20,3)14-12-21(19)23/h5-6,17-21H,2,7-15H2,1,3-4H3/b16-5-/t17-,18-,19?,20?,21?,22+,23-/m0/s1. The van der Waals surface area contributed by atoms with Crippen molar-refractivity contribution >= 4 is 0 Å². The van der Waals surface area contributed by atoms with Crippen molar-refractivity contribution in [2.45, 2.75) is 78.6 Å². The highest BCUT2D eigenvalue weighted by atomic mass is 14.6. The molecule has 7 atom stereocenters. The van der Waals surface area contributed by atoms with E-state index >= 15 is 0 Å². The summed E-state index contributed by atoms with van der Waals surface area (Å²) >= 11 is 0. The Morgan fingerprint density at radius 2 is 1.74 bits per heavy atom. The first-order valence-electron chi connectivity index (χ1n) is 10.3. The van der Waals surface area contributed by atoms with E-state index in [1.807, 2.05) is 0 Å². The Morgan fingerprint density at radius 1 is 0.957 bits per heavy atom. The minimum absolute atomic E-state index is 0.579. The molecule has 0 nitrogen and oxygen atoms in total. The van der Waals surface area contributed by atoms with Gasteiger partial charge in [0.15, 0.2) is 0 Å². The summed E-state index contributed by atoms with van der Waals surface area (Å²) < 4.78 is 0. The molecule has 4 rings (SSSR count). The molecule has 0 amide bonds. The van der Waals surface area contributed by atoms with Crippen molar-refractivity contribution in [3.63, 3.8) is 0 Å². The van der Waals surface area contributed by atoms with Crippen molar-refractivity contribution < 1.29 is 0 Å². The summed E-state index contributed by atoms with van der Waals surface area (Å²) in [6, 6.07) is 0. The molecule has 4 aliphatic carbocycles. The molecule has 0 aromatic heterocycles. The van der Waals surface area contributed by atoms with E-state index in [9.17, 15) is 0 Å². The largest absolute Gasteiger partial charge is 0.103 e. The van der Waals surface area contributed by atoms with E-state index in [-0.39, 0.29) is 0 Å². The van der Waals surface area contributed by atoms with Gasteiger partial charge in [0.1, 0.15) is 0 Å². The fourth-order valence-electron chi connectivity index (χ4n) is 7.80. The van der Waals surface area contributed by atoms with E-state index in [1.54, 1.807) is 5.57 Å². The summed E-state index contributed by atoms with van der Waals surface area (Å²) in [6.07, 6.45) is 17.8. The third kappa shape index (κ3) is 2.16. The Hall–Kier alpha value is -0.520. The quantitative estimate of drug-likeness (QED) is 0.468. The van der Waals surface area contributed by atoms with Gasteiger partial charge in [-0.05, 0) is 105 Å². The molecule has 0 spiro atoms. The first kappa shape index (κ1) is 16.0. The van der Waals surface area contributed by atoms with Gasteiger partial charge in [0.05, 0.1) is 0 Å². The van der Waals surface area contributed by atoms with Crippen LogP contribution in [0.4, 0.5) is 0 Å². The van der Waals surface area contributed by atoms with E-state index in [2.05, 4.69) is 39.5 Å². The molecular weight excluding hydrogens is 276 g/mol. The van der Waals surface area contributed by atoms with Crippen molar-refractivity contribution in [1.29, 1.82) is 0 Å². The van der Waals surface area contributed by atoms with Crippen LogP contribution in [0.5, 0.6) is 0 Å². The van der Waals surface area contributed by atoms with E-state index in [4.69, 9.17) is 0 Å². The van der Waals surface area contributed by atoms with E-state index in [0.29, 0.717) is 10.8 Å². The smallest absolute Gasteiger partial charge is 0.0179 e. The predicted molar refractivity (Wildman–Crippen MR) is 99.2 cm³/mol. The summed E-state index contributed by atoms with van der Waals surface area (Å²) in [4.78, 5) is 0. The Bertz CT molecular complexity index is 514. The van der Waals surface area contributed by atoms with E-state index < -0.39 is 0 Å². The van der Waals surface area contributed by atoms with Gasteiger partial charge in [-0.25, -0.2) is 0 Å². The molecule has 0 heterocycles. The molecule has 0 saturated heterocycles. The summed E-state index contributed by atoms with van der Waals surface area (Å²) in [6.45, 7) is 11.7. The van der Waals surface area contributed by atoms with Crippen LogP contribution in [0.2, 0.25) is 0 Å². The zero-order chi connectivity index (χ0) is 16.2. The predicted octanol–water partition coefficient (Wildman–Crippen LogP) is 6.78. The van der Waals surface area contributed by atoms with E-state index in [1.165, 1.54) is 57.8 Å². The van der Waals surface area contributed by atoms with Crippen molar-refractivity contribution in [1.82, 2.24) is 0 Å². The van der Waals surface area contributed by atoms with Crippen LogP contribution in [-0.2, 0) is 0 Å². The van der Waals surface area contributed by atoms with Gasteiger partial charge in [0.25, 0.3) is 0 Å². The average molecular weight is 313 g/mol. The molecule has 23 heavy (non-hydrogen) atoms. The molecular formula is C23H36. The van der Waals surface area contributed by atoms with Gasteiger partial charge in [-0.3, -0.25) is 0 Å². The van der Waals surface area contributed by atoms with Crippen molar-refractivity contribution in [2.75, 3.05) is 0 Å². The number of hydrogen-bond donors (Lipinski definition) is 0. The average Bonchev–Trinajstić information content (AvgIpc) is 2.90. The number of fused-ring (bicyclic) bond motifs is 5. The highest BCUT2D eigenvalue weighted by Crippen LogP contribution is 2.67. The second kappa shape index (κ2) is 5.50. The molecule has 0 bridgehead atoms. The zero-order valence-electron chi connectivity index (χ0n) is 15.6. The van der Waals surface area contributed by atoms with Crippen LogP contribution >= 0.6 is 0 Å². The molecule has 4 aliphatic rings. The molecule has 0 heteroatoms. The fraction of sp³-hybridized carbons (Fsp3) is 0.826. The summed E-state index contributed by atoms with van der Waals surface area (Å²) in [5.74, 6) is 4.79. The highest BCUT2D eigenvalue weighted by Gasteiger charge is 2.59. The van der Waals surface area contributed by atoms with Crippen molar-refractivity contribution in [3.05, 3.63) is 24.3 Å². The normalized spacial score (nSPS) is 54.2. The highest BCUT2D eigenvalue weighted by molar-refractivity contribution is 5.15. The Kier molecular flexibility index (Phi) is 3.82. The molecule has 0 aromatic rings. The summed E-state index contributed by atoms with van der Waals surface area (Å²) in [7, 11) is 0. The monoisotopic (exact) mass is 312 g/mol. The van der Waals surface area contributed by atoms with Gasteiger partial charge >= 0.3 is 0 Å². The van der Waals surface area contributed by atoms with Crippen molar-refractivity contribution in [3.8, 4) is 0 Å². The number of allylic oxidation sites excluding steroid dienone is 3. The van der Waals surface area contributed by atoms with Gasteiger partial charge in [-0.2, -0.15) is 0 Å². The van der Waals surface area contributed by atoms with Gasteiger partial charge in [0.2, 0.25) is 0 Å². The van der Waals surface area contributed by atoms with Gasteiger partial charge < -0.3 is 0 Å². The first-order valence-corrected chi connectivity index (χ1v) is 10.3. The van der Waals surface area contributed by atoms with Crippen LogP contribution in [0, 0.1) is 40.4 Å².